The van der Waals surface area contributed by atoms with E-state index < -0.39 is 0 Å². The highest BCUT2D eigenvalue weighted by atomic mass is 35.5. The number of hydrogen-bond acceptors (Lipinski definition) is 2. The molecule has 3 heteroatoms. The minimum Gasteiger partial charge on any atom is -0.372 e. The van der Waals surface area contributed by atoms with E-state index in [9.17, 15) is 0 Å². The van der Waals surface area contributed by atoms with Crippen LogP contribution in [-0.4, -0.2) is 12.6 Å². The maximum Gasteiger partial charge on any atom is 0.0987 e. The Morgan fingerprint density at radius 2 is 1.88 bits per heavy atom. The van der Waals surface area contributed by atoms with Gasteiger partial charge in [0.15, 0.2) is 0 Å². The van der Waals surface area contributed by atoms with E-state index in [0.29, 0.717) is 17.5 Å². The smallest absolute Gasteiger partial charge is 0.0987 e. The number of nitrogens with two attached hydrogens (primary N) is 1. The van der Waals surface area contributed by atoms with Crippen LogP contribution < -0.4 is 5.73 Å². The standard InChI is InChI=1S/C13H20ClNO/c1-9(2)8-16-13(10(3)15)11-6-4-5-7-12(11)14/h4-7,9-10,13H,8,15H2,1-3H3. The van der Waals surface area contributed by atoms with Crippen molar-refractivity contribution >= 4 is 11.6 Å². The Balaban J connectivity index is 2.82. The summed E-state index contributed by atoms with van der Waals surface area (Å²) in [6.07, 6.45) is -0.129. The second kappa shape index (κ2) is 6.24. The minimum atomic E-state index is -0.129. The number of benzene rings is 1. The fourth-order valence-corrected chi connectivity index (χ4v) is 1.77. The molecular formula is C13H20ClNO. The van der Waals surface area contributed by atoms with Crippen molar-refractivity contribution < 1.29 is 4.74 Å². The zero-order chi connectivity index (χ0) is 12.1. The second-order valence-corrected chi connectivity index (χ2v) is 4.94. The molecule has 0 saturated heterocycles. The highest BCUT2D eigenvalue weighted by Gasteiger charge is 2.19. The van der Waals surface area contributed by atoms with E-state index in [1.165, 1.54) is 0 Å². The van der Waals surface area contributed by atoms with Crippen molar-refractivity contribution in [3.05, 3.63) is 34.9 Å². The van der Waals surface area contributed by atoms with Crippen LogP contribution in [0.2, 0.25) is 5.02 Å². The van der Waals surface area contributed by atoms with Gasteiger partial charge >= 0.3 is 0 Å². The van der Waals surface area contributed by atoms with Crippen molar-refractivity contribution in [2.45, 2.75) is 32.9 Å². The molecule has 1 rings (SSSR count). The van der Waals surface area contributed by atoms with Gasteiger partial charge < -0.3 is 10.5 Å². The van der Waals surface area contributed by atoms with Gasteiger partial charge in [-0.15, -0.1) is 0 Å². The first-order valence-corrected chi connectivity index (χ1v) is 6.01. The van der Waals surface area contributed by atoms with E-state index in [1.54, 1.807) is 0 Å². The summed E-state index contributed by atoms with van der Waals surface area (Å²) < 4.78 is 5.82. The highest BCUT2D eigenvalue weighted by molar-refractivity contribution is 6.31. The molecule has 0 amide bonds. The lowest BCUT2D eigenvalue weighted by Gasteiger charge is -2.23. The Morgan fingerprint density at radius 3 is 2.38 bits per heavy atom. The lowest BCUT2D eigenvalue weighted by atomic mass is 10.0. The van der Waals surface area contributed by atoms with Crippen molar-refractivity contribution in [3.8, 4) is 0 Å². The Kier molecular flexibility index (Phi) is 5.26. The molecule has 0 radical (unpaired) electrons. The molecule has 2 unspecified atom stereocenters. The molecule has 2 N–H and O–H groups in total. The molecule has 0 saturated carbocycles. The third-order valence-corrected chi connectivity index (χ3v) is 2.64. The first kappa shape index (κ1) is 13.5. The molecule has 1 aromatic rings. The second-order valence-electron chi connectivity index (χ2n) is 4.53. The number of rotatable bonds is 5. The van der Waals surface area contributed by atoms with E-state index in [2.05, 4.69) is 13.8 Å². The molecule has 16 heavy (non-hydrogen) atoms. The van der Waals surface area contributed by atoms with E-state index in [4.69, 9.17) is 22.1 Å². The van der Waals surface area contributed by atoms with Gasteiger partial charge in [-0.1, -0.05) is 43.6 Å². The lowest BCUT2D eigenvalue weighted by Crippen LogP contribution is -2.28. The predicted molar refractivity (Wildman–Crippen MR) is 68.6 cm³/mol. The number of halogens is 1. The van der Waals surface area contributed by atoms with Crippen LogP contribution in [0.4, 0.5) is 0 Å². The van der Waals surface area contributed by atoms with Crippen LogP contribution in [0.5, 0.6) is 0 Å². The predicted octanol–water partition coefficient (Wildman–Crippen LogP) is 3.40. The van der Waals surface area contributed by atoms with Crippen molar-refractivity contribution in [1.82, 2.24) is 0 Å². The summed E-state index contributed by atoms with van der Waals surface area (Å²) in [7, 11) is 0. The van der Waals surface area contributed by atoms with Gasteiger partial charge in [-0.2, -0.15) is 0 Å². The van der Waals surface area contributed by atoms with E-state index in [0.717, 1.165) is 5.56 Å². The molecule has 0 aromatic heterocycles. The van der Waals surface area contributed by atoms with Crippen LogP contribution in [0.25, 0.3) is 0 Å². The van der Waals surface area contributed by atoms with Crippen molar-refractivity contribution in [2.24, 2.45) is 11.7 Å². The molecule has 0 fully saturated rings. The van der Waals surface area contributed by atoms with Gasteiger partial charge in [0.1, 0.15) is 0 Å². The summed E-state index contributed by atoms with van der Waals surface area (Å²) in [5.74, 6) is 0.490. The van der Waals surface area contributed by atoms with E-state index in [-0.39, 0.29) is 12.1 Å². The van der Waals surface area contributed by atoms with Gasteiger partial charge in [0, 0.05) is 23.2 Å². The topological polar surface area (TPSA) is 35.2 Å². The van der Waals surface area contributed by atoms with Crippen LogP contribution in [0.3, 0.4) is 0 Å². The average Bonchev–Trinajstić information content (AvgIpc) is 2.20. The van der Waals surface area contributed by atoms with Crippen LogP contribution in [0.15, 0.2) is 24.3 Å². The summed E-state index contributed by atoms with van der Waals surface area (Å²) in [6, 6.07) is 7.63. The van der Waals surface area contributed by atoms with Gasteiger partial charge in [-0.25, -0.2) is 0 Å². The molecule has 1 aromatic carbocycles. The summed E-state index contributed by atoms with van der Waals surface area (Å²) in [6.45, 7) is 6.86. The monoisotopic (exact) mass is 241 g/mol. The first-order valence-electron chi connectivity index (χ1n) is 5.64. The molecule has 90 valence electrons. The quantitative estimate of drug-likeness (QED) is 0.858. The Labute approximate surface area is 103 Å². The molecule has 0 spiro atoms. The zero-order valence-corrected chi connectivity index (χ0v) is 10.9. The molecule has 0 bridgehead atoms. The fraction of sp³-hybridized carbons (Fsp3) is 0.538. The third kappa shape index (κ3) is 3.78. The largest absolute Gasteiger partial charge is 0.372 e. The van der Waals surface area contributed by atoms with Gasteiger partial charge in [0.25, 0.3) is 0 Å². The molecule has 2 nitrogen and oxygen atoms in total. The maximum absolute atomic E-state index is 6.14. The minimum absolute atomic E-state index is 0.0707. The molecular weight excluding hydrogens is 222 g/mol. The van der Waals surface area contributed by atoms with Crippen LogP contribution in [0, 0.1) is 5.92 Å². The highest BCUT2D eigenvalue weighted by Crippen LogP contribution is 2.27. The zero-order valence-electron chi connectivity index (χ0n) is 10.1. The van der Waals surface area contributed by atoms with Crippen molar-refractivity contribution in [2.75, 3.05) is 6.61 Å². The van der Waals surface area contributed by atoms with Gasteiger partial charge in [-0.3, -0.25) is 0 Å². The summed E-state index contributed by atoms with van der Waals surface area (Å²) >= 11 is 6.14. The van der Waals surface area contributed by atoms with Gasteiger partial charge in [0.05, 0.1) is 6.10 Å². The molecule has 0 aliphatic rings. The first-order chi connectivity index (χ1) is 7.52. The molecule has 0 heterocycles. The van der Waals surface area contributed by atoms with Crippen LogP contribution in [0.1, 0.15) is 32.4 Å². The third-order valence-electron chi connectivity index (χ3n) is 2.30. The Hall–Kier alpha value is -0.570. The van der Waals surface area contributed by atoms with Crippen molar-refractivity contribution in [1.29, 1.82) is 0 Å². The molecule has 2 atom stereocenters. The Morgan fingerprint density at radius 1 is 1.25 bits per heavy atom. The van der Waals surface area contributed by atoms with E-state index in [1.807, 2.05) is 31.2 Å². The summed E-state index contributed by atoms with van der Waals surface area (Å²) in [5, 5.41) is 0.716. The molecule has 0 aliphatic carbocycles. The SMILES string of the molecule is CC(C)COC(c1ccccc1Cl)C(C)N. The summed E-state index contributed by atoms with van der Waals surface area (Å²) in [5.41, 5.74) is 6.91. The number of hydrogen-bond donors (Lipinski definition) is 1. The van der Waals surface area contributed by atoms with Crippen LogP contribution in [-0.2, 0) is 4.74 Å². The Bertz CT molecular complexity index is 325. The summed E-state index contributed by atoms with van der Waals surface area (Å²) in [4.78, 5) is 0. The van der Waals surface area contributed by atoms with Crippen LogP contribution >= 0.6 is 11.6 Å². The average molecular weight is 242 g/mol. The maximum atomic E-state index is 6.14. The number of ether oxygens (including phenoxy) is 1. The van der Waals surface area contributed by atoms with Gasteiger partial charge in [-0.05, 0) is 18.9 Å². The lowest BCUT2D eigenvalue weighted by molar-refractivity contribution is 0.0222. The molecule has 0 aliphatic heterocycles. The van der Waals surface area contributed by atoms with Gasteiger partial charge in [0.2, 0.25) is 0 Å². The normalized spacial score (nSPS) is 15.1. The fourth-order valence-electron chi connectivity index (χ4n) is 1.53. The van der Waals surface area contributed by atoms with Crippen molar-refractivity contribution in [3.63, 3.8) is 0 Å². The van der Waals surface area contributed by atoms with E-state index >= 15 is 0 Å².